The van der Waals surface area contributed by atoms with Crippen molar-refractivity contribution in [3.63, 3.8) is 0 Å². The number of aryl methyl sites for hydroxylation is 1. The van der Waals surface area contributed by atoms with Crippen molar-refractivity contribution in [1.29, 1.82) is 0 Å². The molecule has 0 unspecified atom stereocenters. The lowest BCUT2D eigenvalue weighted by Gasteiger charge is -2.35. The third-order valence-electron chi connectivity index (χ3n) is 6.11. The van der Waals surface area contributed by atoms with Gasteiger partial charge in [-0.2, -0.15) is 0 Å². The predicted molar refractivity (Wildman–Crippen MR) is 116 cm³/mol. The number of azide groups is 1. The molecule has 1 aromatic carbocycles. The quantitative estimate of drug-likeness (QED) is 0.314. The molecule has 1 heterocycles. The summed E-state index contributed by atoms with van der Waals surface area (Å²) in [6, 6.07) is 5.93. The van der Waals surface area contributed by atoms with Crippen LogP contribution in [0.5, 0.6) is 0 Å². The monoisotopic (exact) mass is 426 g/mol. The number of nitrogens with one attached hydrogen (secondary N) is 2. The number of rotatable bonds is 6. The molecule has 166 valence electrons. The highest BCUT2D eigenvalue weighted by Gasteiger charge is 2.44. The number of hydrogen-bond donors (Lipinski definition) is 2. The molecule has 0 radical (unpaired) electrons. The molecule has 0 aromatic heterocycles. The third-order valence-corrected chi connectivity index (χ3v) is 6.11. The molecule has 2 aliphatic rings. The Morgan fingerprint density at radius 3 is 2.74 bits per heavy atom. The van der Waals surface area contributed by atoms with Crippen molar-refractivity contribution in [2.75, 3.05) is 6.54 Å². The Hall–Kier alpha value is -3.06. The summed E-state index contributed by atoms with van der Waals surface area (Å²) >= 11 is 0. The summed E-state index contributed by atoms with van der Waals surface area (Å²) in [5.41, 5.74) is 10.7. The van der Waals surface area contributed by atoms with Gasteiger partial charge in [0.2, 0.25) is 18.2 Å². The van der Waals surface area contributed by atoms with Crippen LogP contribution in [0.15, 0.2) is 29.4 Å². The highest BCUT2D eigenvalue weighted by Crippen LogP contribution is 2.31. The van der Waals surface area contributed by atoms with E-state index in [1.165, 1.54) is 10.5 Å². The zero-order valence-electron chi connectivity index (χ0n) is 18.2. The Kier molecular flexibility index (Phi) is 6.85. The number of fused-ring (bicyclic) bond motifs is 1. The summed E-state index contributed by atoms with van der Waals surface area (Å²) in [5.74, 6) is -0.608. The van der Waals surface area contributed by atoms with Crippen LogP contribution >= 0.6 is 0 Å². The lowest BCUT2D eigenvalue weighted by molar-refractivity contribution is -0.143. The Morgan fingerprint density at radius 2 is 2.06 bits per heavy atom. The van der Waals surface area contributed by atoms with Gasteiger partial charge in [0, 0.05) is 11.5 Å². The first-order valence-corrected chi connectivity index (χ1v) is 10.7. The maximum Gasteiger partial charge on any atom is 0.246 e. The van der Waals surface area contributed by atoms with E-state index in [2.05, 4.69) is 26.7 Å². The van der Waals surface area contributed by atoms with Crippen LogP contribution in [0.1, 0.15) is 57.2 Å². The zero-order chi connectivity index (χ0) is 22.6. The number of likely N-dealkylation sites (tertiary alicyclic amines) is 1. The van der Waals surface area contributed by atoms with Gasteiger partial charge in [-0.3, -0.25) is 14.4 Å². The largest absolute Gasteiger partial charge is 0.347 e. The topological polar surface area (TPSA) is 127 Å². The number of hydrogen-bond acceptors (Lipinski definition) is 4. The fraction of sp³-hybridized carbons (Fsp3) is 0.591. The Bertz CT molecular complexity index is 889. The van der Waals surface area contributed by atoms with Crippen LogP contribution in [0.3, 0.4) is 0 Å². The SMILES string of the molecule is CC(C)(C)[C@H](NC=O)C(=O)N1C[C@@H](N=[N+]=[N-])C[C@H]1C(=O)N[C@@H]1CCCc2ccccc21. The van der Waals surface area contributed by atoms with E-state index in [-0.39, 0.29) is 30.8 Å². The molecule has 1 fully saturated rings. The van der Waals surface area contributed by atoms with Gasteiger partial charge in [-0.05, 0) is 47.8 Å². The van der Waals surface area contributed by atoms with Crippen LogP contribution in [-0.4, -0.2) is 47.8 Å². The molecule has 4 atom stereocenters. The van der Waals surface area contributed by atoms with Crippen molar-refractivity contribution in [1.82, 2.24) is 15.5 Å². The molecule has 1 aliphatic carbocycles. The van der Waals surface area contributed by atoms with Gasteiger partial charge in [-0.1, -0.05) is 50.2 Å². The average molecular weight is 427 g/mol. The Balaban J connectivity index is 1.83. The van der Waals surface area contributed by atoms with E-state index in [1.54, 1.807) is 0 Å². The van der Waals surface area contributed by atoms with Gasteiger partial charge >= 0.3 is 0 Å². The van der Waals surface area contributed by atoms with Crippen molar-refractivity contribution in [3.8, 4) is 0 Å². The molecular formula is C22H30N6O3. The van der Waals surface area contributed by atoms with E-state index in [0.717, 1.165) is 24.8 Å². The van der Waals surface area contributed by atoms with Crippen LogP contribution in [0.4, 0.5) is 0 Å². The zero-order valence-corrected chi connectivity index (χ0v) is 18.2. The summed E-state index contributed by atoms with van der Waals surface area (Å²) in [4.78, 5) is 42.0. The van der Waals surface area contributed by atoms with Crippen molar-refractivity contribution < 1.29 is 14.4 Å². The molecule has 0 saturated carbocycles. The van der Waals surface area contributed by atoms with E-state index < -0.39 is 23.5 Å². The summed E-state index contributed by atoms with van der Waals surface area (Å²) in [6.45, 7) is 5.69. The Morgan fingerprint density at radius 1 is 1.32 bits per heavy atom. The van der Waals surface area contributed by atoms with Crippen LogP contribution in [0.25, 0.3) is 10.4 Å². The van der Waals surface area contributed by atoms with E-state index >= 15 is 0 Å². The maximum absolute atomic E-state index is 13.3. The molecule has 1 saturated heterocycles. The first-order chi connectivity index (χ1) is 14.8. The minimum Gasteiger partial charge on any atom is -0.347 e. The molecule has 3 amide bonds. The third kappa shape index (κ3) is 4.99. The molecule has 1 aromatic rings. The number of carbonyl (C=O) groups is 3. The van der Waals surface area contributed by atoms with Gasteiger partial charge < -0.3 is 15.5 Å². The predicted octanol–water partition coefficient (Wildman–Crippen LogP) is 2.62. The van der Waals surface area contributed by atoms with Crippen LogP contribution in [-0.2, 0) is 20.8 Å². The van der Waals surface area contributed by atoms with Gasteiger partial charge in [0.05, 0.1) is 12.1 Å². The van der Waals surface area contributed by atoms with E-state index in [4.69, 9.17) is 5.53 Å². The normalized spacial score (nSPS) is 23.8. The summed E-state index contributed by atoms with van der Waals surface area (Å²) in [5, 5.41) is 9.47. The summed E-state index contributed by atoms with van der Waals surface area (Å²) in [6.07, 6.45) is 3.56. The van der Waals surface area contributed by atoms with Crippen LogP contribution < -0.4 is 10.6 Å². The molecular weight excluding hydrogens is 396 g/mol. The molecule has 0 bridgehead atoms. The number of nitrogens with zero attached hydrogens (tertiary/aromatic N) is 4. The smallest absolute Gasteiger partial charge is 0.246 e. The van der Waals surface area contributed by atoms with Gasteiger partial charge in [-0.25, -0.2) is 0 Å². The maximum atomic E-state index is 13.3. The highest BCUT2D eigenvalue weighted by atomic mass is 16.2. The molecule has 9 heteroatoms. The minimum absolute atomic E-state index is 0.112. The molecule has 2 N–H and O–H groups in total. The van der Waals surface area contributed by atoms with Crippen LogP contribution in [0.2, 0.25) is 0 Å². The van der Waals surface area contributed by atoms with Gasteiger partial charge in [0.25, 0.3) is 0 Å². The van der Waals surface area contributed by atoms with E-state index in [1.807, 2.05) is 39.0 Å². The lowest BCUT2D eigenvalue weighted by atomic mass is 9.85. The molecule has 31 heavy (non-hydrogen) atoms. The van der Waals surface area contributed by atoms with Gasteiger partial charge in [0.1, 0.15) is 12.1 Å². The van der Waals surface area contributed by atoms with Crippen molar-refractivity contribution in [2.24, 2.45) is 10.5 Å². The number of benzene rings is 1. The fourth-order valence-electron chi connectivity index (χ4n) is 4.56. The molecule has 1 aliphatic heterocycles. The molecule has 3 rings (SSSR count). The summed E-state index contributed by atoms with van der Waals surface area (Å²) < 4.78 is 0. The lowest BCUT2D eigenvalue weighted by Crippen LogP contribution is -2.56. The second-order valence-electron chi connectivity index (χ2n) is 9.34. The minimum atomic E-state index is -0.791. The molecule has 9 nitrogen and oxygen atoms in total. The van der Waals surface area contributed by atoms with Crippen molar-refractivity contribution in [2.45, 2.75) is 70.6 Å². The second-order valence-corrected chi connectivity index (χ2v) is 9.34. The fourth-order valence-corrected chi connectivity index (χ4v) is 4.56. The van der Waals surface area contributed by atoms with Crippen molar-refractivity contribution in [3.05, 3.63) is 45.8 Å². The molecule has 0 spiro atoms. The van der Waals surface area contributed by atoms with Gasteiger partial charge in [-0.15, -0.1) is 0 Å². The first-order valence-electron chi connectivity index (χ1n) is 10.7. The average Bonchev–Trinajstić information content (AvgIpc) is 3.15. The van der Waals surface area contributed by atoms with Crippen LogP contribution in [0, 0.1) is 5.41 Å². The van der Waals surface area contributed by atoms with Crippen molar-refractivity contribution >= 4 is 18.2 Å². The van der Waals surface area contributed by atoms with Gasteiger partial charge in [0.15, 0.2) is 0 Å². The van der Waals surface area contributed by atoms with E-state index in [0.29, 0.717) is 6.41 Å². The first kappa shape index (κ1) is 22.6. The Labute approximate surface area is 182 Å². The van der Waals surface area contributed by atoms with E-state index in [9.17, 15) is 14.4 Å². The second kappa shape index (κ2) is 9.39. The summed E-state index contributed by atoms with van der Waals surface area (Å²) in [7, 11) is 0. The number of amides is 3. The highest BCUT2D eigenvalue weighted by molar-refractivity contribution is 5.92. The standard InChI is InChI=1S/C22H30N6O3/c1-22(2,3)19(24-13-29)21(31)28-12-15(26-27-23)11-18(28)20(30)25-17-10-6-8-14-7-4-5-9-16(14)17/h4-5,7,9,13,15,17-19H,6,8,10-12H2,1-3H3,(H,24,29)(H,25,30)/t15-,17+,18-,19+/m0/s1. The number of carbonyl (C=O) groups excluding carboxylic acids is 3.